The van der Waals surface area contributed by atoms with E-state index in [2.05, 4.69) is 50.5 Å². The average Bonchev–Trinajstić information content (AvgIpc) is 3.76. The van der Waals surface area contributed by atoms with Gasteiger partial charge >= 0.3 is 18.3 Å². The van der Waals surface area contributed by atoms with Gasteiger partial charge in [-0.2, -0.15) is 26.3 Å². The molecule has 0 amide bonds. The van der Waals surface area contributed by atoms with Crippen LogP contribution in [0.2, 0.25) is 0 Å². The quantitative estimate of drug-likeness (QED) is 0.0475. The van der Waals surface area contributed by atoms with Crippen LogP contribution in [-0.4, -0.2) is 59.4 Å². The molecule has 5 heterocycles. The highest BCUT2D eigenvalue weighted by Crippen LogP contribution is 2.34. The first-order valence-electron chi connectivity index (χ1n) is 20.2. The lowest BCUT2D eigenvalue weighted by molar-refractivity contribution is -0.138. The number of aryl methyl sites for hydroxylation is 2. The van der Waals surface area contributed by atoms with E-state index in [1.807, 2.05) is 56.3 Å². The molecule has 0 aliphatic rings. The van der Waals surface area contributed by atoms with Crippen LogP contribution in [0.4, 0.5) is 61.0 Å². The van der Waals surface area contributed by atoms with E-state index in [9.17, 15) is 31.1 Å². The van der Waals surface area contributed by atoms with Crippen LogP contribution in [0.3, 0.4) is 0 Å². The van der Waals surface area contributed by atoms with Gasteiger partial charge in [-0.15, -0.1) is 0 Å². The smallest absolute Gasteiger partial charge is 0.416 e. The SMILES string of the molecule is Cc1ccc(-c2nc3ccc(C(F)(F)F)cc3[nH]2)cc1Nc1nccc(-c2cccnc2)n1.Cc1ccc(C(=O)O)cc1Nc1nccc(-c2cccnc2)n1.Nc1ccc(C(F)(F)F)cc1N.[B]. The van der Waals surface area contributed by atoms with Crippen molar-refractivity contribution in [1.29, 1.82) is 0 Å². The number of benzene rings is 4. The van der Waals surface area contributed by atoms with E-state index in [0.29, 0.717) is 34.4 Å². The van der Waals surface area contributed by atoms with E-state index in [1.165, 1.54) is 6.07 Å². The van der Waals surface area contributed by atoms with Gasteiger partial charge in [-0.3, -0.25) is 9.97 Å². The topological polar surface area (TPSA) is 219 Å². The molecule has 4 aromatic carbocycles. The first-order chi connectivity index (χ1) is 32.4. The summed E-state index contributed by atoms with van der Waals surface area (Å²) < 4.78 is 75.1. The zero-order chi connectivity index (χ0) is 48.6. The number of hydrogen-bond donors (Lipinski definition) is 6. The molecule has 0 aliphatic heterocycles. The third kappa shape index (κ3) is 12.7. The molecule has 9 aromatic rings. The number of carbonyl (C=O) groups is 1. The predicted molar refractivity (Wildman–Crippen MR) is 253 cm³/mol. The molecule has 0 unspecified atom stereocenters. The fourth-order valence-corrected chi connectivity index (χ4v) is 6.30. The lowest BCUT2D eigenvalue weighted by Gasteiger charge is -2.10. The summed E-state index contributed by atoms with van der Waals surface area (Å²) >= 11 is 0. The van der Waals surface area contributed by atoms with Crippen molar-refractivity contribution in [2.45, 2.75) is 26.2 Å². The van der Waals surface area contributed by atoms with E-state index < -0.39 is 29.4 Å². The highest BCUT2D eigenvalue weighted by molar-refractivity contribution is 5.89. The largest absolute Gasteiger partial charge is 0.478 e. The second-order valence-corrected chi connectivity index (χ2v) is 14.8. The van der Waals surface area contributed by atoms with Gasteiger partial charge in [0.25, 0.3) is 0 Å². The van der Waals surface area contributed by atoms with E-state index in [0.717, 1.165) is 75.2 Å². The Morgan fingerprint density at radius 2 is 1.13 bits per heavy atom. The first-order valence-corrected chi connectivity index (χ1v) is 20.2. The molecular weight excluding hydrogens is 901 g/mol. The van der Waals surface area contributed by atoms with Gasteiger partial charge in [0.2, 0.25) is 11.9 Å². The molecule has 69 heavy (non-hydrogen) atoms. The van der Waals surface area contributed by atoms with Crippen LogP contribution >= 0.6 is 0 Å². The molecule has 0 atom stereocenters. The molecule has 0 saturated carbocycles. The number of carboxylic acids is 1. The molecule has 8 N–H and O–H groups in total. The van der Waals surface area contributed by atoms with Gasteiger partial charge in [-0.25, -0.2) is 29.7 Å². The van der Waals surface area contributed by atoms with Crippen LogP contribution in [0.15, 0.2) is 146 Å². The minimum Gasteiger partial charge on any atom is -0.478 e. The molecule has 0 fully saturated rings. The van der Waals surface area contributed by atoms with Crippen LogP contribution in [0, 0.1) is 13.8 Å². The molecule has 0 saturated heterocycles. The molecule has 0 bridgehead atoms. The molecule has 14 nitrogen and oxygen atoms in total. The fraction of sp³-hybridized carbons (Fsp3) is 0.0833. The minimum atomic E-state index is -4.41. The summed E-state index contributed by atoms with van der Waals surface area (Å²) in [5.74, 6) is 0.309. The molecule has 0 aliphatic carbocycles. The van der Waals surface area contributed by atoms with E-state index in [-0.39, 0.29) is 25.4 Å². The molecule has 21 heteroatoms. The summed E-state index contributed by atoms with van der Waals surface area (Å²) in [6.45, 7) is 3.82. The monoisotopic (exact) mass is 939 g/mol. The third-order valence-corrected chi connectivity index (χ3v) is 9.94. The Labute approximate surface area is 391 Å². The number of alkyl halides is 6. The van der Waals surface area contributed by atoms with Gasteiger partial charge in [0.1, 0.15) is 5.82 Å². The predicted octanol–water partition coefficient (Wildman–Crippen LogP) is 10.9. The van der Waals surface area contributed by atoms with E-state index in [1.54, 1.807) is 67.5 Å². The summed E-state index contributed by atoms with van der Waals surface area (Å²) in [7, 11) is 0. The third-order valence-electron chi connectivity index (χ3n) is 9.94. The van der Waals surface area contributed by atoms with Crippen molar-refractivity contribution >= 4 is 60.1 Å². The van der Waals surface area contributed by atoms with Crippen molar-refractivity contribution in [1.82, 2.24) is 39.9 Å². The van der Waals surface area contributed by atoms with Crippen molar-refractivity contribution < 1.29 is 36.2 Å². The summed E-state index contributed by atoms with van der Waals surface area (Å²) in [4.78, 5) is 44.2. The van der Waals surface area contributed by atoms with Gasteiger partial charge in [0.05, 0.1) is 50.5 Å². The van der Waals surface area contributed by atoms with Gasteiger partial charge in [-0.05, 0) is 116 Å². The van der Waals surface area contributed by atoms with Crippen LogP contribution in [-0.2, 0) is 12.4 Å². The Morgan fingerprint density at radius 3 is 1.65 bits per heavy atom. The number of anilines is 6. The Hall–Kier alpha value is -8.88. The lowest BCUT2D eigenvalue weighted by atomic mass is 10.1. The van der Waals surface area contributed by atoms with Gasteiger partial charge in [0.15, 0.2) is 0 Å². The number of aromatic carboxylic acids is 1. The van der Waals surface area contributed by atoms with Crippen molar-refractivity contribution in [3.8, 4) is 33.9 Å². The number of nitrogens with two attached hydrogens (primary N) is 2. The number of hydrogen-bond acceptors (Lipinski definition) is 12. The fourth-order valence-electron chi connectivity index (χ4n) is 6.30. The normalized spacial score (nSPS) is 11.0. The summed E-state index contributed by atoms with van der Waals surface area (Å²) in [6.07, 6.45) is 1.38. The highest BCUT2D eigenvalue weighted by atomic mass is 19.4. The van der Waals surface area contributed by atoms with Crippen molar-refractivity contribution in [2.24, 2.45) is 0 Å². The Kier molecular flexibility index (Phi) is 15.2. The minimum absolute atomic E-state index is 0. The van der Waals surface area contributed by atoms with Crippen LogP contribution in [0.5, 0.6) is 0 Å². The molecule has 9 rings (SSSR count). The Balaban J connectivity index is 0.000000188. The number of aromatic nitrogens is 8. The standard InChI is InChI=1S/C24H17F3N6.C17H14N4O2.C7H7F3N2.B/c1-14-4-5-15(22-30-19-7-6-17(24(25,26)27)12-21(19)31-22)11-20(14)33-23-29-10-8-18(32-23)16-3-2-9-28-13-16;1-11-4-5-12(16(22)23)9-15(11)21-17-19-8-6-14(20-17)13-3-2-7-18-10-13;8-7(9,10)4-1-2-5(11)6(12)3-4;/h2-13H,1H3,(H,30,31)(H,29,32,33);2-10H,1H3,(H,22,23)(H,19,20,21);1-3H,11-12H2;. The number of nitrogens with one attached hydrogen (secondary N) is 3. The number of fused-ring (bicyclic) bond motifs is 1. The summed E-state index contributed by atoms with van der Waals surface area (Å²) in [5, 5.41) is 15.4. The number of carboxylic acid groups (broad SMARTS) is 1. The summed E-state index contributed by atoms with van der Waals surface area (Å²) in [6, 6.07) is 27.9. The molecule has 347 valence electrons. The van der Waals surface area contributed by atoms with Crippen molar-refractivity contribution in [3.63, 3.8) is 0 Å². The van der Waals surface area contributed by atoms with Gasteiger partial charge < -0.3 is 32.2 Å². The number of nitrogens with zero attached hydrogens (tertiary/aromatic N) is 7. The number of nitrogen functional groups attached to an aromatic ring is 2. The van der Waals surface area contributed by atoms with Gasteiger partial charge in [0, 0.05) is 73.7 Å². The number of aromatic amines is 1. The Morgan fingerprint density at radius 1 is 0.594 bits per heavy atom. The second kappa shape index (κ2) is 21.2. The number of H-pyrrole nitrogens is 1. The van der Waals surface area contributed by atoms with Crippen LogP contribution in [0.1, 0.15) is 32.6 Å². The highest BCUT2D eigenvalue weighted by Gasteiger charge is 2.31. The molecule has 3 radical (unpaired) electrons. The van der Waals surface area contributed by atoms with E-state index in [4.69, 9.17) is 16.6 Å². The Bertz CT molecular complexity index is 3210. The maximum Gasteiger partial charge on any atom is 0.416 e. The number of imidazole rings is 1. The molecular formula is C48H38BF6N12O2. The zero-order valence-corrected chi connectivity index (χ0v) is 36.3. The maximum atomic E-state index is 13.0. The maximum absolute atomic E-state index is 13.0. The number of rotatable bonds is 8. The van der Waals surface area contributed by atoms with Crippen molar-refractivity contribution in [3.05, 3.63) is 174 Å². The second-order valence-electron chi connectivity index (χ2n) is 14.8. The lowest BCUT2D eigenvalue weighted by Crippen LogP contribution is -2.06. The van der Waals surface area contributed by atoms with E-state index >= 15 is 0 Å². The van der Waals surface area contributed by atoms with Crippen LogP contribution < -0.4 is 22.1 Å². The van der Waals surface area contributed by atoms with Crippen molar-refractivity contribution in [2.75, 3.05) is 22.1 Å². The summed E-state index contributed by atoms with van der Waals surface area (Å²) in [5.41, 5.74) is 17.2. The number of halogens is 6. The average molecular weight is 940 g/mol. The van der Waals surface area contributed by atoms with Gasteiger partial charge in [-0.1, -0.05) is 18.2 Å². The zero-order valence-electron chi connectivity index (χ0n) is 36.3. The first kappa shape index (κ1) is 49.6. The molecule has 0 spiro atoms. The van der Waals surface area contributed by atoms with Crippen LogP contribution in [0.25, 0.3) is 44.9 Å². The number of pyridine rings is 2. The molecule has 5 aromatic heterocycles.